The number of ether oxygens (including phenoxy) is 1. The van der Waals surface area contributed by atoms with Crippen molar-refractivity contribution in [2.75, 3.05) is 43.5 Å². The number of anilines is 1. The first-order valence-electron chi connectivity index (χ1n) is 9.62. The molecule has 160 valence electrons. The highest BCUT2D eigenvalue weighted by molar-refractivity contribution is 8.00. The number of nitrogens with zero attached hydrogens (tertiary/aromatic N) is 4. The zero-order valence-electron chi connectivity index (χ0n) is 16.4. The number of carbonyl (C=O) groups excluding carboxylic acids is 1. The Hall–Kier alpha value is -2.17. The van der Waals surface area contributed by atoms with Crippen LogP contribution in [0.2, 0.25) is 0 Å². The fourth-order valence-corrected chi connectivity index (χ4v) is 4.48. The Kier molecular flexibility index (Phi) is 5.99. The summed E-state index contributed by atoms with van der Waals surface area (Å²) in [5.41, 5.74) is 0.143. The van der Waals surface area contributed by atoms with Crippen molar-refractivity contribution in [2.24, 2.45) is 0 Å². The molecular weight excluding hydrogens is 417 g/mol. The summed E-state index contributed by atoms with van der Waals surface area (Å²) in [5.74, 6) is 0.304. The summed E-state index contributed by atoms with van der Waals surface area (Å²) < 4.78 is 44.5. The quantitative estimate of drug-likeness (QED) is 0.730. The number of amides is 1. The Labute approximate surface area is 176 Å². The maximum absolute atomic E-state index is 13.0. The highest BCUT2D eigenvalue weighted by Crippen LogP contribution is 2.38. The molecule has 4 rings (SSSR count). The van der Waals surface area contributed by atoms with Gasteiger partial charge >= 0.3 is 6.18 Å². The summed E-state index contributed by atoms with van der Waals surface area (Å²) in [6.45, 7) is 5.43. The first kappa shape index (κ1) is 21.1. The number of fused-ring (bicyclic) bond motifs is 1. The molecule has 1 atom stereocenters. The molecule has 0 aliphatic carbocycles. The summed E-state index contributed by atoms with van der Waals surface area (Å²) in [4.78, 5) is 25.2. The number of halogens is 3. The Bertz CT molecular complexity index is 941. The first-order chi connectivity index (χ1) is 14.3. The molecule has 6 nitrogen and oxygen atoms in total. The predicted molar refractivity (Wildman–Crippen MR) is 107 cm³/mol. The lowest BCUT2D eigenvalue weighted by molar-refractivity contribution is -0.141. The van der Waals surface area contributed by atoms with E-state index in [-0.39, 0.29) is 17.8 Å². The topological polar surface area (TPSA) is 58.6 Å². The van der Waals surface area contributed by atoms with Crippen LogP contribution in [0.4, 0.5) is 18.9 Å². The minimum absolute atomic E-state index is 0.0163. The van der Waals surface area contributed by atoms with Crippen molar-refractivity contribution < 1.29 is 22.7 Å². The van der Waals surface area contributed by atoms with Crippen molar-refractivity contribution in [3.05, 3.63) is 36.2 Å². The van der Waals surface area contributed by atoms with Gasteiger partial charge in [-0.25, -0.2) is 9.97 Å². The van der Waals surface area contributed by atoms with E-state index < -0.39 is 11.9 Å². The fourth-order valence-electron chi connectivity index (χ4n) is 3.56. The minimum atomic E-state index is -4.54. The standard InChI is InChI=1S/C20H21F3N4O2S/c1-13-11-29-9-8-26(13)6-7-27-15-10-14(2-3-16(15)30-12-18(27)28)19-24-5-4-17(25-19)20(21,22)23/h2-5,10,13H,6-9,11-12H2,1H3. The van der Waals surface area contributed by atoms with Crippen LogP contribution in [-0.4, -0.2) is 65.4 Å². The van der Waals surface area contributed by atoms with Crippen molar-refractivity contribution in [3.63, 3.8) is 0 Å². The molecule has 0 bridgehead atoms. The van der Waals surface area contributed by atoms with E-state index in [0.29, 0.717) is 43.3 Å². The van der Waals surface area contributed by atoms with Gasteiger partial charge in [-0.1, -0.05) is 0 Å². The van der Waals surface area contributed by atoms with E-state index in [1.54, 1.807) is 17.0 Å². The van der Waals surface area contributed by atoms with Gasteiger partial charge in [0.25, 0.3) is 0 Å². The highest BCUT2D eigenvalue weighted by atomic mass is 32.2. The van der Waals surface area contributed by atoms with E-state index in [4.69, 9.17) is 4.74 Å². The number of rotatable bonds is 4. The molecule has 2 aromatic rings. The van der Waals surface area contributed by atoms with Crippen molar-refractivity contribution in [1.82, 2.24) is 14.9 Å². The van der Waals surface area contributed by atoms with E-state index in [9.17, 15) is 18.0 Å². The summed E-state index contributed by atoms with van der Waals surface area (Å²) in [5, 5.41) is 0. The van der Waals surface area contributed by atoms with E-state index >= 15 is 0 Å². The second-order valence-electron chi connectivity index (χ2n) is 7.24. The number of aromatic nitrogens is 2. The summed E-state index contributed by atoms with van der Waals surface area (Å²) >= 11 is 1.43. The zero-order chi connectivity index (χ0) is 21.3. The lowest BCUT2D eigenvalue weighted by Gasteiger charge is -2.36. The molecular formula is C20H21F3N4O2S. The molecule has 1 amide bonds. The molecule has 0 N–H and O–H groups in total. The smallest absolute Gasteiger partial charge is 0.379 e. The second kappa shape index (κ2) is 8.52. The number of alkyl halides is 3. The predicted octanol–water partition coefficient (Wildman–Crippen LogP) is 3.32. The maximum Gasteiger partial charge on any atom is 0.433 e. The Morgan fingerprint density at radius 2 is 2.10 bits per heavy atom. The number of hydrogen-bond acceptors (Lipinski definition) is 6. The van der Waals surface area contributed by atoms with Gasteiger partial charge in [0.05, 0.1) is 24.7 Å². The molecule has 0 spiro atoms. The minimum Gasteiger partial charge on any atom is -0.379 e. The van der Waals surface area contributed by atoms with Gasteiger partial charge in [0.15, 0.2) is 5.82 Å². The van der Waals surface area contributed by atoms with E-state index in [1.807, 2.05) is 6.07 Å². The number of benzene rings is 1. The maximum atomic E-state index is 13.0. The zero-order valence-corrected chi connectivity index (χ0v) is 17.2. The second-order valence-corrected chi connectivity index (χ2v) is 8.26. The van der Waals surface area contributed by atoms with Gasteiger partial charge in [-0.2, -0.15) is 13.2 Å². The van der Waals surface area contributed by atoms with Gasteiger partial charge in [0.1, 0.15) is 5.69 Å². The average molecular weight is 438 g/mol. The molecule has 2 aliphatic rings. The van der Waals surface area contributed by atoms with Gasteiger partial charge < -0.3 is 9.64 Å². The Balaban J connectivity index is 1.60. The molecule has 3 heterocycles. The molecule has 2 aliphatic heterocycles. The molecule has 10 heteroatoms. The van der Waals surface area contributed by atoms with Crippen molar-refractivity contribution in [3.8, 4) is 11.4 Å². The van der Waals surface area contributed by atoms with Crippen LogP contribution in [0.15, 0.2) is 35.4 Å². The number of hydrogen-bond donors (Lipinski definition) is 0. The normalized spacial score (nSPS) is 20.3. The van der Waals surface area contributed by atoms with Crippen LogP contribution in [0.5, 0.6) is 0 Å². The van der Waals surface area contributed by atoms with Crippen LogP contribution in [-0.2, 0) is 15.7 Å². The van der Waals surface area contributed by atoms with Gasteiger partial charge in [-0.3, -0.25) is 9.69 Å². The van der Waals surface area contributed by atoms with Crippen LogP contribution < -0.4 is 4.90 Å². The van der Waals surface area contributed by atoms with E-state index in [2.05, 4.69) is 21.8 Å². The molecule has 1 aromatic heterocycles. The van der Waals surface area contributed by atoms with Gasteiger partial charge in [0.2, 0.25) is 5.91 Å². The third-order valence-electron chi connectivity index (χ3n) is 5.22. The van der Waals surface area contributed by atoms with Crippen molar-refractivity contribution >= 4 is 23.4 Å². The summed E-state index contributed by atoms with van der Waals surface area (Å²) in [6.07, 6.45) is -3.44. The van der Waals surface area contributed by atoms with Gasteiger partial charge in [-0.15, -0.1) is 11.8 Å². The van der Waals surface area contributed by atoms with Crippen LogP contribution >= 0.6 is 11.8 Å². The lowest BCUT2D eigenvalue weighted by Crippen LogP contribution is -2.48. The van der Waals surface area contributed by atoms with Crippen LogP contribution in [0.3, 0.4) is 0 Å². The highest BCUT2D eigenvalue weighted by Gasteiger charge is 2.33. The van der Waals surface area contributed by atoms with Crippen molar-refractivity contribution in [2.45, 2.75) is 24.0 Å². The molecule has 1 unspecified atom stereocenters. The van der Waals surface area contributed by atoms with Crippen molar-refractivity contribution in [1.29, 1.82) is 0 Å². The summed E-state index contributed by atoms with van der Waals surface area (Å²) in [6, 6.07) is 6.33. The third-order valence-corrected chi connectivity index (χ3v) is 6.27. The van der Waals surface area contributed by atoms with Crippen LogP contribution in [0, 0.1) is 0 Å². The van der Waals surface area contributed by atoms with Crippen LogP contribution in [0.25, 0.3) is 11.4 Å². The van der Waals surface area contributed by atoms with Gasteiger partial charge in [-0.05, 0) is 31.2 Å². The lowest BCUT2D eigenvalue weighted by atomic mass is 10.1. The van der Waals surface area contributed by atoms with Gasteiger partial charge in [0, 0.05) is 42.3 Å². The molecule has 0 radical (unpaired) electrons. The molecule has 0 saturated carbocycles. The Morgan fingerprint density at radius 3 is 2.87 bits per heavy atom. The van der Waals surface area contributed by atoms with E-state index in [0.717, 1.165) is 23.7 Å². The molecule has 1 fully saturated rings. The first-order valence-corrected chi connectivity index (χ1v) is 10.6. The SMILES string of the molecule is CC1COCCN1CCN1C(=O)CSc2ccc(-c3nccc(C(F)(F)F)n3)cc21. The third kappa shape index (κ3) is 4.45. The molecule has 1 saturated heterocycles. The Morgan fingerprint density at radius 1 is 1.27 bits per heavy atom. The fraction of sp³-hybridized carbons (Fsp3) is 0.450. The molecule has 30 heavy (non-hydrogen) atoms. The average Bonchev–Trinajstić information content (AvgIpc) is 2.73. The largest absolute Gasteiger partial charge is 0.433 e. The monoisotopic (exact) mass is 438 g/mol. The summed E-state index contributed by atoms with van der Waals surface area (Å²) in [7, 11) is 0. The molecule has 1 aromatic carbocycles. The number of morpholine rings is 1. The number of thioether (sulfide) groups is 1. The van der Waals surface area contributed by atoms with E-state index in [1.165, 1.54) is 11.8 Å². The number of carbonyl (C=O) groups is 1. The van der Waals surface area contributed by atoms with Crippen LogP contribution in [0.1, 0.15) is 12.6 Å².